The molecular weight excluding hydrogens is 212 g/mol. The third-order valence-electron chi connectivity index (χ3n) is 3.17. The Balaban J connectivity index is 4.40. The minimum Gasteiger partial charge on any atom is -0.481 e. The van der Waals surface area contributed by atoms with Gasteiger partial charge in [-0.05, 0) is 25.7 Å². The number of rotatable bonds is 8. The highest BCUT2D eigenvalue weighted by Crippen LogP contribution is 2.35. The van der Waals surface area contributed by atoms with Gasteiger partial charge in [-0.1, -0.05) is 33.6 Å². The molecule has 0 saturated carbocycles. The Morgan fingerprint density at radius 3 is 2.06 bits per heavy atom. The van der Waals surface area contributed by atoms with Gasteiger partial charge in [0, 0.05) is 12.8 Å². The fraction of sp³-hybridized carbons (Fsp3) is 0.800. The first-order valence-electron chi connectivity index (χ1n) is 6.82. The molecule has 2 heteroatoms. The Hall–Kier alpha value is -0.970. The molecule has 0 saturated heterocycles. The second-order valence-corrected chi connectivity index (χ2v) is 4.65. The van der Waals surface area contributed by atoms with Crippen molar-refractivity contribution in [3.63, 3.8) is 0 Å². The van der Waals surface area contributed by atoms with Crippen molar-refractivity contribution in [2.24, 2.45) is 5.41 Å². The van der Waals surface area contributed by atoms with Gasteiger partial charge in [0.05, 0.1) is 5.41 Å². The van der Waals surface area contributed by atoms with Crippen molar-refractivity contribution in [2.45, 2.75) is 72.1 Å². The fourth-order valence-electron chi connectivity index (χ4n) is 2.38. The van der Waals surface area contributed by atoms with Crippen LogP contribution in [0, 0.1) is 17.3 Å². The number of aliphatic carboxylic acids is 1. The van der Waals surface area contributed by atoms with Crippen molar-refractivity contribution in [2.75, 3.05) is 0 Å². The van der Waals surface area contributed by atoms with Crippen LogP contribution >= 0.6 is 0 Å². The minimum absolute atomic E-state index is 0.503. The smallest absolute Gasteiger partial charge is 0.309 e. The van der Waals surface area contributed by atoms with E-state index in [4.69, 9.17) is 0 Å². The van der Waals surface area contributed by atoms with Crippen LogP contribution in [0.25, 0.3) is 0 Å². The highest BCUT2D eigenvalue weighted by atomic mass is 16.4. The van der Waals surface area contributed by atoms with Crippen molar-refractivity contribution in [3.8, 4) is 11.8 Å². The molecule has 0 rings (SSSR count). The van der Waals surface area contributed by atoms with E-state index in [1.807, 2.05) is 6.92 Å². The molecule has 0 aromatic heterocycles. The monoisotopic (exact) mass is 238 g/mol. The summed E-state index contributed by atoms with van der Waals surface area (Å²) < 4.78 is 0. The molecule has 0 aromatic rings. The van der Waals surface area contributed by atoms with E-state index in [2.05, 4.69) is 25.7 Å². The van der Waals surface area contributed by atoms with E-state index in [0.29, 0.717) is 0 Å². The van der Waals surface area contributed by atoms with Crippen LogP contribution in [0.5, 0.6) is 0 Å². The molecule has 0 aliphatic carbocycles. The molecule has 0 aliphatic rings. The largest absolute Gasteiger partial charge is 0.481 e. The fourth-order valence-corrected chi connectivity index (χ4v) is 2.38. The van der Waals surface area contributed by atoms with Gasteiger partial charge in [0.2, 0.25) is 0 Å². The van der Waals surface area contributed by atoms with Crippen molar-refractivity contribution >= 4 is 5.97 Å². The van der Waals surface area contributed by atoms with Gasteiger partial charge in [-0.2, -0.15) is 0 Å². The quantitative estimate of drug-likeness (QED) is 0.507. The van der Waals surface area contributed by atoms with Crippen LogP contribution in [-0.2, 0) is 4.79 Å². The molecule has 0 unspecified atom stereocenters. The van der Waals surface area contributed by atoms with E-state index in [9.17, 15) is 9.90 Å². The van der Waals surface area contributed by atoms with E-state index >= 15 is 0 Å². The zero-order valence-corrected chi connectivity index (χ0v) is 11.5. The molecule has 98 valence electrons. The van der Waals surface area contributed by atoms with Gasteiger partial charge in [0.15, 0.2) is 0 Å². The van der Waals surface area contributed by atoms with Crippen LogP contribution in [0.4, 0.5) is 0 Å². The summed E-state index contributed by atoms with van der Waals surface area (Å²) in [5, 5.41) is 9.45. The van der Waals surface area contributed by atoms with Gasteiger partial charge in [-0.3, -0.25) is 4.79 Å². The molecule has 0 spiro atoms. The second-order valence-electron chi connectivity index (χ2n) is 4.65. The highest BCUT2D eigenvalue weighted by molar-refractivity contribution is 5.74. The van der Waals surface area contributed by atoms with Crippen molar-refractivity contribution < 1.29 is 9.90 Å². The van der Waals surface area contributed by atoms with Crippen LogP contribution in [-0.4, -0.2) is 11.1 Å². The maximum Gasteiger partial charge on any atom is 0.309 e. The zero-order valence-electron chi connectivity index (χ0n) is 11.5. The molecule has 0 heterocycles. The van der Waals surface area contributed by atoms with Gasteiger partial charge in [0.1, 0.15) is 0 Å². The second kappa shape index (κ2) is 9.10. The van der Waals surface area contributed by atoms with Gasteiger partial charge in [0.25, 0.3) is 0 Å². The van der Waals surface area contributed by atoms with Gasteiger partial charge >= 0.3 is 5.97 Å². The molecule has 2 nitrogen and oxygen atoms in total. The Bertz CT molecular complexity index is 264. The number of carboxylic acid groups (broad SMARTS) is 1. The maximum absolute atomic E-state index is 11.5. The molecule has 0 amide bonds. The van der Waals surface area contributed by atoms with E-state index < -0.39 is 11.4 Å². The molecule has 0 fully saturated rings. The molecule has 0 bridgehead atoms. The van der Waals surface area contributed by atoms with Crippen LogP contribution < -0.4 is 0 Å². The lowest BCUT2D eigenvalue weighted by molar-refractivity contribution is -0.150. The SMILES string of the molecule is CCC#CCCCC(CCC)(CCC)C(=O)O. The summed E-state index contributed by atoms with van der Waals surface area (Å²) in [5.74, 6) is 5.50. The van der Waals surface area contributed by atoms with E-state index in [-0.39, 0.29) is 0 Å². The molecule has 0 aliphatic heterocycles. The van der Waals surface area contributed by atoms with Crippen molar-refractivity contribution in [1.29, 1.82) is 0 Å². The zero-order chi connectivity index (χ0) is 13.1. The molecule has 0 aromatic carbocycles. The third kappa shape index (κ3) is 5.77. The molecule has 17 heavy (non-hydrogen) atoms. The summed E-state index contributed by atoms with van der Waals surface area (Å²) >= 11 is 0. The molecule has 1 N–H and O–H groups in total. The van der Waals surface area contributed by atoms with Crippen LogP contribution in [0.2, 0.25) is 0 Å². The van der Waals surface area contributed by atoms with Gasteiger partial charge in [-0.25, -0.2) is 0 Å². The first-order chi connectivity index (χ1) is 8.13. The van der Waals surface area contributed by atoms with Gasteiger partial charge < -0.3 is 5.11 Å². The molecular formula is C15H26O2. The Labute approximate surface area is 106 Å². The maximum atomic E-state index is 11.5. The van der Waals surface area contributed by atoms with E-state index in [1.165, 1.54) is 0 Å². The Morgan fingerprint density at radius 2 is 1.65 bits per heavy atom. The van der Waals surface area contributed by atoms with E-state index in [1.54, 1.807) is 0 Å². The van der Waals surface area contributed by atoms with Crippen LogP contribution in [0.3, 0.4) is 0 Å². The minimum atomic E-state index is -0.621. The predicted molar refractivity (Wildman–Crippen MR) is 71.8 cm³/mol. The number of hydrogen-bond donors (Lipinski definition) is 1. The average molecular weight is 238 g/mol. The number of unbranched alkanes of at least 4 members (excludes halogenated alkanes) is 1. The number of hydrogen-bond acceptors (Lipinski definition) is 1. The summed E-state index contributed by atoms with van der Waals surface area (Å²) in [4.78, 5) is 11.5. The topological polar surface area (TPSA) is 37.3 Å². The Kier molecular flexibility index (Phi) is 8.58. The summed E-state index contributed by atoms with van der Waals surface area (Å²) in [5.41, 5.74) is -0.503. The Morgan fingerprint density at radius 1 is 1.06 bits per heavy atom. The average Bonchev–Trinajstić information content (AvgIpc) is 2.29. The van der Waals surface area contributed by atoms with Crippen molar-refractivity contribution in [3.05, 3.63) is 0 Å². The highest BCUT2D eigenvalue weighted by Gasteiger charge is 2.35. The third-order valence-corrected chi connectivity index (χ3v) is 3.17. The summed E-state index contributed by atoms with van der Waals surface area (Å²) in [6.07, 6.45) is 6.83. The first-order valence-corrected chi connectivity index (χ1v) is 6.82. The lowest BCUT2D eigenvalue weighted by atomic mass is 9.75. The predicted octanol–water partition coefficient (Wildman–Crippen LogP) is 4.24. The van der Waals surface area contributed by atoms with Crippen molar-refractivity contribution in [1.82, 2.24) is 0 Å². The number of carboxylic acids is 1. The lowest BCUT2D eigenvalue weighted by Gasteiger charge is -2.28. The first kappa shape index (κ1) is 16.0. The van der Waals surface area contributed by atoms with Crippen LogP contribution in [0.1, 0.15) is 72.1 Å². The van der Waals surface area contributed by atoms with Gasteiger partial charge in [-0.15, -0.1) is 11.8 Å². The van der Waals surface area contributed by atoms with E-state index in [0.717, 1.165) is 51.4 Å². The molecule has 0 atom stereocenters. The summed E-state index contributed by atoms with van der Waals surface area (Å²) in [6, 6.07) is 0. The summed E-state index contributed by atoms with van der Waals surface area (Å²) in [6.45, 7) is 6.15. The standard InChI is InChI=1S/C15H26O2/c1-4-7-8-9-10-13-15(11-5-2,12-6-3)14(16)17/h4-6,9-13H2,1-3H3,(H,16,17). The van der Waals surface area contributed by atoms with Crippen LogP contribution in [0.15, 0.2) is 0 Å². The lowest BCUT2D eigenvalue weighted by Crippen LogP contribution is -2.30. The number of carbonyl (C=O) groups is 1. The molecule has 0 radical (unpaired) electrons. The summed E-state index contributed by atoms with van der Waals surface area (Å²) in [7, 11) is 0. The normalized spacial score (nSPS) is 10.8.